The van der Waals surface area contributed by atoms with Crippen LogP contribution in [0.3, 0.4) is 0 Å². The maximum absolute atomic E-state index is 12.7. The SMILES string of the molecule is CN(C(=O)c1ccc2c(=O)n3c(nc2c1)CCC3)c1ccccc1. The maximum Gasteiger partial charge on any atom is 0.261 e. The van der Waals surface area contributed by atoms with Gasteiger partial charge in [-0.25, -0.2) is 4.98 Å². The first-order valence-electron chi connectivity index (χ1n) is 8.02. The van der Waals surface area contributed by atoms with E-state index in [1.165, 1.54) is 0 Å². The molecule has 0 N–H and O–H groups in total. The van der Waals surface area contributed by atoms with Crippen molar-refractivity contribution in [1.29, 1.82) is 0 Å². The number of para-hydroxylation sites is 1. The predicted octanol–water partition coefficient (Wildman–Crippen LogP) is 2.62. The van der Waals surface area contributed by atoms with E-state index in [2.05, 4.69) is 4.98 Å². The van der Waals surface area contributed by atoms with Gasteiger partial charge in [0.15, 0.2) is 0 Å². The zero-order valence-corrected chi connectivity index (χ0v) is 13.4. The summed E-state index contributed by atoms with van der Waals surface area (Å²) in [4.78, 5) is 31.4. The minimum absolute atomic E-state index is 0.0112. The summed E-state index contributed by atoms with van der Waals surface area (Å²) < 4.78 is 1.74. The van der Waals surface area contributed by atoms with Gasteiger partial charge in [0, 0.05) is 31.3 Å². The Balaban J connectivity index is 1.77. The van der Waals surface area contributed by atoms with Gasteiger partial charge in [0.2, 0.25) is 0 Å². The van der Waals surface area contributed by atoms with Gasteiger partial charge < -0.3 is 4.90 Å². The Morgan fingerprint density at radius 3 is 2.75 bits per heavy atom. The molecule has 0 saturated carbocycles. The summed E-state index contributed by atoms with van der Waals surface area (Å²) in [5, 5.41) is 0.569. The smallest absolute Gasteiger partial charge is 0.261 e. The lowest BCUT2D eigenvalue weighted by Gasteiger charge is -2.17. The fraction of sp³-hybridized carbons (Fsp3) is 0.211. The Kier molecular flexibility index (Phi) is 3.41. The van der Waals surface area contributed by atoms with Gasteiger partial charge in [0.25, 0.3) is 11.5 Å². The minimum Gasteiger partial charge on any atom is -0.311 e. The molecular formula is C19H17N3O2. The van der Waals surface area contributed by atoms with E-state index in [0.717, 1.165) is 30.9 Å². The van der Waals surface area contributed by atoms with E-state index in [1.54, 1.807) is 34.7 Å². The van der Waals surface area contributed by atoms with Gasteiger partial charge in [-0.1, -0.05) is 18.2 Å². The lowest BCUT2D eigenvalue weighted by molar-refractivity contribution is 0.0993. The second-order valence-corrected chi connectivity index (χ2v) is 6.02. The van der Waals surface area contributed by atoms with Gasteiger partial charge in [-0.2, -0.15) is 0 Å². The summed E-state index contributed by atoms with van der Waals surface area (Å²) in [6.07, 6.45) is 1.76. The van der Waals surface area contributed by atoms with Crippen LogP contribution in [0.5, 0.6) is 0 Å². The first-order chi connectivity index (χ1) is 11.6. The lowest BCUT2D eigenvalue weighted by Crippen LogP contribution is -2.26. The first kappa shape index (κ1) is 14.6. The normalized spacial score (nSPS) is 13.0. The van der Waals surface area contributed by atoms with Crippen molar-refractivity contribution in [3.8, 4) is 0 Å². The number of aryl methyl sites for hydroxylation is 1. The van der Waals surface area contributed by atoms with E-state index in [4.69, 9.17) is 0 Å². The topological polar surface area (TPSA) is 55.2 Å². The lowest BCUT2D eigenvalue weighted by atomic mass is 10.1. The number of carbonyl (C=O) groups is 1. The molecule has 1 aliphatic rings. The Labute approximate surface area is 139 Å². The van der Waals surface area contributed by atoms with Crippen molar-refractivity contribution in [1.82, 2.24) is 9.55 Å². The summed E-state index contributed by atoms with van der Waals surface area (Å²) in [6.45, 7) is 0.731. The molecule has 5 nitrogen and oxygen atoms in total. The van der Waals surface area contributed by atoms with Gasteiger partial charge in [-0.05, 0) is 36.8 Å². The molecular weight excluding hydrogens is 302 g/mol. The van der Waals surface area contributed by atoms with Gasteiger partial charge in [-0.3, -0.25) is 14.2 Å². The highest BCUT2D eigenvalue weighted by Crippen LogP contribution is 2.19. The van der Waals surface area contributed by atoms with Crippen LogP contribution in [-0.2, 0) is 13.0 Å². The second kappa shape index (κ2) is 5.60. The molecule has 1 amide bonds. The monoisotopic (exact) mass is 319 g/mol. The number of carbonyl (C=O) groups excluding carboxylic acids is 1. The average molecular weight is 319 g/mol. The molecule has 0 unspecified atom stereocenters. The maximum atomic E-state index is 12.7. The molecule has 5 heteroatoms. The number of hydrogen-bond acceptors (Lipinski definition) is 3. The molecule has 1 aromatic heterocycles. The number of nitrogens with zero attached hydrogens (tertiary/aromatic N) is 3. The zero-order valence-electron chi connectivity index (χ0n) is 13.4. The molecule has 0 atom stereocenters. The molecule has 0 radical (unpaired) electrons. The summed E-state index contributed by atoms with van der Waals surface area (Å²) in [5.41, 5.74) is 1.94. The molecule has 2 aromatic carbocycles. The highest BCUT2D eigenvalue weighted by atomic mass is 16.2. The molecule has 1 aliphatic heterocycles. The molecule has 0 aliphatic carbocycles. The van der Waals surface area contributed by atoms with Crippen LogP contribution in [0.1, 0.15) is 22.6 Å². The van der Waals surface area contributed by atoms with E-state index >= 15 is 0 Å². The van der Waals surface area contributed by atoms with Crippen molar-refractivity contribution in [3.63, 3.8) is 0 Å². The second-order valence-electron chi connectivity index (χ2n) is 6.02. The van der Waals surface area contributed by atoms with Crippen LogP contribution in [-0.4, -0.2) is 22.5 Å². The Bertz CT molecular complexity index is 993. The van der Waals surface area contributed by atoms with E-state index < -0.39 is 0 Å². The van der Waals surface area contributed by atoms with Gasteiger partial charge in [0.1, 0.15) is 5.82 Å². The molecule has 3 aromatic rings. The standard InChI is InChI=1S/C19H17N3O2/c1-21(14-6-3-2-4-7-14)18(23)13-9-10-15-16(12-13)20-17-8-5-11-22(17)19(15)24/h2-4,6-7,9-10,12H,5,8,11H2,1H3. The number of hydrogen-bond donors (Lipinski definition) is 0. The number of anilines is 1. The van der Waals surface area contributed by atoms with Gasteiger partial charge >= 0.3 is 0 Å². The molecule has 0 spiro atoms. The van der Waals surface area contributed by atoms with Crippen molar-refractivity contribution in [3.05, 3.63) is 70.3 Å². The van der Waals surface area contributed by atoms with E-state index in [0.29, 0.717) is 16.5 Å². The Morgan fingerprint density at radius 2 is 1.96 bits per heavy atom. The van der Waals surface area contributed by atoms with Crippen LogP contribution in [0.4, 0.5) is 5.69 Å². The number of amides is 1. The van der Waals surface area contributed by atoms with E-state index in [1.807, 2.05) is 30.3 Å². The van der Waals surface area contributed by atoms with Crippen molar-refractivity contribution in [2.24, 2.45) is 0 Å². The minimum atomic E-state index is -0.120. The van der Waals surface area contributed by atoms with Crippen LogP contribution in [0.2, 0.25) is 0 Å². The van der Waals surface area contributed by atoms with Crippen molar-refractivity contribution >= 4 is 22.5 Å². The average Bonchev–Trinajstić information content (AvgIpc) is 3.09. The summed E-state index contributed by atoms with van der Waals surface area (Å²) in [6, 6.07) is 14.6. The van der Waals surface area contributed by atoms with Crippen molar-refractivity contribution in [2.45, 2.75) is 19.4 Å². The third kappa shape index (κ3) is 2.29. The summed E-state index contributed by atoms with van der Waals surface area (Å²) in [7, 11) is 1.74. The summed E-state index contributed by atoms with van der Waals surface area (Å²) >= 11 is 0. The molecule has 0 bridgehead atoms. The predicted molar refractivity (Wildman–Crippen MR) is 93.5 cm³/mol. The molecule has 0 fully saturated rings. The Hall–Kier alpha value is -2.95. The third-order valence-electron chi connectivity index (χ3n) is 4.51. The largest absolute Gasteiger partial charge is 0.311 e. The third-order valence-corrected chi connectivity index (χ3v) is 4.51. The van der Waals surface area contributed by atoms with Crippen LogP contribution >= 0.6 is 0 Å². The van der Waals surface area contributed by atoms with Crippen LogP contribution < -0.4 is 10.5 Å². The van der Waals surface area contributed by atoms with Gasteiger partial charge in [0.05, 0.1) is 10.9 Å². The molecule has 4 rings (SSSR count). The van der Waals surface area contributed by atoms with Crippen molar-refractivity contribution in [2.75, 3.05) is 11.9 Å². The fourth-order valence-corrected chi connectivity index (χ4v) is 3.18. The zero-order chi connectivity index (χ0) is 16.7. The Morgan fingerprint density at radius 1 is 1.17 bits per heavy atom. The summed E-state index contributed by atoms with van der Waals surface area (Å²) in [5.74, 6) is 0.694. The van der Waals surface area contributed by atoms with E-state index in [-0.39, 0.29) is 11.5 Å². The fourth-order valence-electron chi connectivity index (χ4n) is 3.18. The highest BCUT2D eigenvalue weighted by molar-refractivity contribution is 6.07. The molecule has 120 valence electrons. The first-order valence-corrected chi connectivity index (χ1v) is 8.02. The number of aromatic nitrogens is 2. The van der Waals surface area contributed by atoms with Crippen LogP contribution in [0.25, 0.3) is 10.9 Å². The number of rotatable bonds is 2. The van der Waals surface area contributed by atoms with Crippen molar-refractivity contribution < 1.29 is 4.79 Å². The molecule has 2 heterocycles. The highest BCUT2D eigenvalue weighted by Gasteiger charge is 2.18. The number of benzene rings is 2. The molecule has 24 heavy (non-hydrogen) atoms. The van der Waals surface area contributed by atoms with E-state index in [9.17, 15) is 9.59 Å². The van der Waals surface area contributed by atoms with Crippen LogP contribution in [0.15, 0.2) is 53.3 Å². The van der Waals surface area contributed by atoms with Gasteiger partial charge in [-0.15, -0.1) is 0 Å². The number of fused-ring (bicyclic) bond motifs is 2. The van der Waals surface area contributed by atoms with Crippen LogP contribution in [0, 0.1) is 0 Å². The quantitative estimate of drug-likeness (QED) is 0.729. The molecule has 0 saturated heterocycles.